The molecule has 1 aromatic carbocycles. The van der Waals surface area contributed by atoms with Crippen molar-refractivity contribution in [3.8, 4) is 0 Å². The quantitative estimate of drug-likeness (QED) is 0.843. The third-order valence-corrected chi connectivity index (χ3v) is 3.70. The average molecular weight is 324 g/mol. The first kappa shape index (κ1) is 15.9. The van der Waals surface area contributed by atoms with Gasteiger partial charge in [-0.3, -0.25) is 10.1 Å². The number of benzene rings is 1. The predicted molar refractivity (Wildman–Crippen MR) is 79.3 cm³/mol. The van der Waals surface area contributed by atoms with Crippen LogP contribution >= 0.6 is 11.3 Å². The van der Waals surface area contributed by atoms with E-state index in [2.05, 4.69) is 5.32 Å². The van der Waals surface area contributed by atoms with Gasteiger partial charge in [-0.2, -0.15) is 0 Å². The number of urea groups is 1. The zero-order valence-electron chi connectivity index (χ0n) is 11.6. The number of carbonyl (C=O) groups excluding carboxylic acids is 3. The summed E-state index contributed by atoms with van der Waals surface area (Å²) in [5.74, 6) is -1.83. The van der Waals surface area contributed by atoms with E-state index in [1.807, 2.05) is 5.32 Å². The molecule has 22 heavy (non-hydrogen) atoms. The van der Waals surface area contributed by atoms with E-state index < -0.39 is 30.3 Å². The van der Waals surface area contributed by atoms with E-state index in [1.165, 1.54) is 18.2 Å². The molecule has 2 N–H and O–H groups in total. The predicted octanol–water partition coefficient (Wildman–Crippen LogP) is 2.04. The van der Waals surface area contributed by atoms with Gasteiger partial charge >= 0.3 is 12.0 Å². The Bertz CT molecular complexity index is 729. The van der Waals surface area contributed by atoms with E-state index in [1.54, 1.807) is 13.0 Å². The number of halogens is 1. The Kier molecular flexibility index (Phi) is 5.05. The lowest BCUT2D eigenvalue weighted by atomic mass is 10.2. The summed E-state index contributed by atoms with van der Waals surface area (Å²) in [4.78, 5) is 34.6. The first-order valence-electron chi connectivity index (χ1n) is 6.43. The summed E-state index contributed by atoms with van der Waals surface area (Å²) < 4.78 is 18.6. The number of imide groups is 1. The first-order chi connectivity index (χ1) is 10.5. The van der Waals surface area contributed by atoms with Crippen molar-refractivity contribution in [3.05, 3.63) is 35.0 Å². The molecular weight excluding hydrogens is 311 g/mol. The van der Waals surface area contributed by atoms with Gasteiger partial charge in [-0.05, 0) is 36.6 Å². The molecule has 3 amide bonds. The molecule has 0 fully saturated rings. The van der Waals surface area contributed by atoms with E-state index in [4.69, 9.17) is 4.74 Å². The highest BCUT2D eigenvalue weighted by Gasteiger charge is 2.15. The van der Waals surface area contributed by atoms with Gasteiger partial charge in [-0.15, -0.1) is 11.3 Å². The Morgan fingerprint density at radius 3 is 2.77 bits per heavy atom. The van der Waals surface area contributed by atoms with Crippen LogP contribution in [0.25, 0.3) is 10.1 Å². The molecule has 0 bridgehead atoms. The topological polar surface area (TPSA) is 84.5 Å². The molecule has 0 aliphatic heterocycles. The van der Waals surface area contributed by atoms with Crippen molar-refractivity contribution in [2.75, 3.05) is 13.2 Å². The van der Waals surface area contributed by atoms with Crippen molar-refractivity contribution in [2.24, 2.45) is 0 Å². The molecule has 8 heteroatoms. The second kappa shape index (κ2) is 6.99. The van der Waals surface area contributed by atoms with Crippen LogP contribution in [0.5, 0.6) is 0 Å². The van der Waals surface area contributed by atoms with Crippen LogP contribution in [0, 0.1) is 5.82 Å². The maximum absolute atomic E-state index is 13.1. The lowest BCUT2D eigenvalue weighted by Gasteiger charge is -2.05. The molecule has 1 heterocycles. The first-order valence-corrected chi connectivity index (χ1v) is 7.25. The van der Waals surface area contributed by atoms with E-state index in [9.17, 15) is 18.8 Å². The molecule has 0 atom stereocenters. The normalized spacial score (nSPS) is 10.3. The minimum absolute atomic E-state index is 0.256. The van der Waals surface area contributed by atoms with Crippen molar-refractivity contribution < 1.29 is 23.5 Å². The highest BCUT2D eigenvalue weighted by Crippen LogP contribution is 2.26. The summed E-state index contributed by atoms with van der Waals surface area (Å²) >= 11 is 1.14. The molecule has 0 saturated carbocycles. The molecule has 0 spiro atoms. The largest absolute Gasteiger partial charge is 0.451 e. The Morgan fingerprint density at radius 1 is 1.27 bits per heavy atom. The highest BCUT2D eigenvalue weighted by molar-refractivity contribution is 7.20. The van der Waals surface area contributed by atoms with Gasteiger partial charge in [0.05, 0.1) is 0 Å². The third-order valence-electron chi connectivity index (χ3n) is 2.60. The number of amides is 3. The zero-order chi connectivity index (χ0) is 16.1. The van der Waals surface area contributed by atoms with Crippen molar-refractivity contribution >= 4 is 39.3 Å². The summed E-state index contributed by atoms with van der Waals surface area (Å²) in [7, 11) is 0. The second-order valence-corrected chi connectivity index (χ2v) is 5.36. The van der Waals surface area contributed by atoms with Gasteiger partial charge in [0.15, 0.2) is 6.61 Å². The summed E-state index contributed by atoms with van der Waals surface area (Å²) in [5.41, 5.74) is 0. The summed E-state index contributed by atoms with van der Waals surface area (Å²) in [6.07, 6.45) is 0. The molecular formula is C14H13FN2O4S. The average Bonchev–Trinajstić information content (AvgIpc) is 2.88. The third kappa shape index (κ3) is 4.01. The maximum Gasteiger partial charge on any atom is 0.348 e. The number of carbonyl (C=O) groups is 3. The second-order valence-electron chi connectivity index (χ2n) is 4.28. The molecule has 2 rings (SSSR count). The van der Waals surface area contributed by atoms with Gasteiger partial charge in [-0.25, -0.2) is 14.0 Å². The van der Waals surface area contributed by atoms with Crippen LogP contribution in [0.15, 0.2) is 24.3 Å². The van der Waals surface area contributed by atoms with Crippen LogP contribution < -0.4 is 10.6 Å². The lowest BCUT2D eigenvalue weighted by Crippen LogP contribution is -2.41. The standard InChI is InChI=1S/C14H13FN2O4S/c1-2-16-14(20)17-12(18)7-21-13(19)11-6-8-5-9(15)3-4-10(8)22-11/h3-6H,2,7H2,1H3,(H2,16,17,18,20). The van der Waals surface area contributed by atoms with Crippen LogP contribution in [0.3, 0.4) is 0 Å². The van der Waals surface area contributed by atoms with Crippen LogP contribution in [-0.2, 0) is 9.53 Å². The molecule has 2 aromatic rings. The number of hydrogen-bond acceptors (Lipinski definition) is 5. The Hall–Kier alpha value is -2.48. The van der Waals surface area contributed by atoms with Crippen molar-refractivity contribution in [1.82, 2.24) is 10.6 Å². The van der Waals surface area contributed by atoms with Gasteiger partial charge in [0.2, 0.25) is 0 Å². The fourth-order valence-electron chi connectivity index (χ4n) is 1.68. The number of nitrogens with one attached hydrogen (secondary N) is 2. The van der Waals surface area contributed by atoms with E-state index >= 15 is 0 Å². The van der Waals surface area contributed by atoms with E-state index in [0.717, 1.165) is 16.0 Å². The summed E-state index contributed by atoms with van der Waals surface area (Å²) in [6.45, 7) is 1.50. The molecule has 6 nitrogen and oxygen atoms in total. The Balaban J connectivity index is 1.93. The molecule has 0 saturated heterocycles. The van der Waals surface area contributed by atoms with E-state index in [0.29, 0.717) is 11.9 Å². The number of hydrogen-bond donors (Lipinski definition) is 2. The smallest absolute Gasteiger partial charge is 0.348 e. The van der Waals surface area contributed by atoms with Gasteiger partial charge in [0.25, 0.3) is 5.91 Å². The number of fused-ring (bicyclic) bond motifs is 1. The minimum atomic E-state index is -0.730. The maximum atomic E-state index is 13.1. The summed E-state index contributed by atoms with van der Waals surface area (Å²) in [6, 6.07) is 5.01. The fraction of sp³-hybridized carbons (Fsp3) is 0.214. The number of thiophene rings is 1. The minimum Gasteiger partial charge on any atom is -0.451 e. The number of rotatable bonds is 4. The van der Waals surface area contributed by atoms with Crippen molar-refractivity contribution in [1.29, 1.82) is 0 Å². The van der Waals surface area contributed by atoms with Crippen LogP contribution in [-0.4, -0.2) is 31.1 Å². The molecule has 0 unspecified atom stereocenters. The Labute approximate surface area is 129 Å². The van der Waals surface area contributed by atoms with Gasteiger partial charge in [0, 0.05) is 11.2 Å². The van der Waals surface area contributed by atoms with Crippen LogP contribution in [0.4, 0.5) is 9.18 Å². The zero-order valence-corrected chi connectivity index (χ0v) is 12.5. The van der Waals surface area contributed by atoms with Crippen LogP contribution in [0.2, 0.25) is 0 Å². The molecule has 0 aliphatic carbocycles. The molecule has 0 radical (unpaired) electrons. The van der Waals surface area contributed by atoms with Gasteiger partial charge < -0.3 is 10.1 Å². The fourth-order valence-corrected chi connectivity index (χ4v) is 2.62. The Morgan fingerprint density at radius 2 is 2.05 bits per heavy atom. The summed E-state index contributed by atoms with van der Waals surface area (Å²) in [5, 5.41) is 4.97. The molecule has 116 valence electrons. The van der Waals surface area contributed by atoms with E-state index in [-0.39, 0.29) is 4.88 Å². The molecule has 1 aromatic heterocycles. The number of esters is 1. The van der Waals surface area contributed by atoms with Crippen LogP contribution in [0.1, 0.15) is 16.6 Å². The number of ether oxygens (including phenoxy) is 1. The van der Waals surface area contributed by atoms with Gasteiger partial charge in [-0.1, -0.05) is 0 Å². The molecule has 0 aliphatic rings. The SMILES string of the molecule is CCNC(=O)NC(=O)COC(=O)c1cc2cc(F)ccc2s1. The highest BCUT2D eigenvalue weighted by atomic mass is 32.1. The monoisotopic (exact) mass is 324 g/mol. The van der Waals surface area contributed by atoms with Gasteiger partial charge in [0.1, 0.15) is 10.7 Å². The van der Waals surface area contributed by atoms with Crippen molar-refractivity contribution in [2.45, 2.75) is 6.92 Å². The lowest BCUT2D eigenvalue weighted by molar-refractivity contribution is -0.123. The van der Waals surface area contributed by atoms with Crippen molar-refractivity contribution in [3.63, 3.8) is 0 Å².